The van der Waals surface area contributed by atoms with Gasteiger partial charge in [0.25, 0.3) is 0 Å². The van der Waals surface area contributed by atoms with Crippen LogP contribution in [0.15, 0.2) is 0 Å². The highest BCUT2D eigenvalue weighted by Crippen LogP contribution is 2.24. The van der Waals surface area contributed by atoms with E-state index in [4.69, 9.17) is 0 Å². The Hall–Kier alpha value is -0.290. The highest BCUT2D eigenvalue weighted by molar-refractivity contribution is 4.77. The summed E-state index contributed by atoms with van der Waals surface area (Å²) in [5.74, 6) is 0. The summed E-state index contributed by atoms with van der Waals surface area (Å²) in [6, 6.07) is 0.747. The molecule has 0 saturated carbocycles. The summed E-state index contributed by atoms with van der Waals surface area (Å²) in [6.07, 6.45) is -0.403. The lowest BCUT2D eigenvalue weighted by Crippen LogP contribution is -2.39. The summed E-state index contributed by atoms with van der Waals surface area (Å²) in [5.41, 5.74) is 0. The van der Waals surface area contributed by atoms with Gasteiger partial charge in [-0.15, -0.1) is 0 Å². The van der Waals surface area contributed by atoms with Crippen LogP contribution in [0.3, 0.4) is 0 Å². The van der Waals surface area contributed by atoms with E-state index in [1.165, 1.54) is 0 Å². The minimum atomic E-state index is -4.01. The Morgan fingerprint density at radius 1 is 1.28 bits per heavy atom. The first-order chi connectivity index (χ1) is 8.40. The van der Waals surface area contributed by atoms with Crippen molar-refractivity contribution in [2.45, 2.75) is 63.7 Å². The molecule has 0 aromatic rings. The second-order valence-corrected chi connectivity index (χ2v) is 5.36. The normalized spacial score (nSPS) is 24.0. The number of hydrogen-bond donors (Lipinski definition) is 1. The molecular formula is C13H25F3N2. The Morgan fingerprint density at radius 2 is 2.00 bits per heavy atom. The van der Waals surface area contributed by atoms with Gasteiger partial charge in [-0.25, -0.2) is 0 Å². The van der Waals surface area contributed by atoms with Crippen LogP contribution in [0.5, 0.6) is 0 Å². The van der Waals surface area contributed by atoms with E-state index in [0.29, 0.717) is 12.5 Å². The third-order valence-corrected chi connectivity index (χ3v) is 3.90. The van der Waals surface area contributed by atoms with Crippen molar-refractivity contribution in [3.63, 3.8) is 0 Å². The number of alkyl halides is 3. The van der Waals surface area contributed by atoms with Crippen molar-refractivity contribution in [2.24, 2.45) is 0 Å². The van der Waals surface area contributed by atoms with Crippen LogP contribution in [-0.2, 0) is 0 Å². The molecular weight excluding hydrogens is 241 g/mol. The van der Waals surface area contributed by atoms with E-state index >= 15 is 0 Å². The molecule has 2 nitrogen and oxygen atoms in total. The van der Waals surface area contributed by atoms with E-state index < -0.39 is 12.6 Å². The molecule has 1 heterocycles. The van der Waals surface area contributed by atoms with Gasteiger partial charge in [0, 0.05) is 18.5 Å². The molecule has 1 rings (SSSR count). The van der Waals surface area contributed by atoms with Crippen LogP contribution in [0.2, 0.25) is 0 Å². The van der Waals surface area contributed by atoms with E-state index in [1.807, 2.05) is 14.0 Å². The van der Waals surface area contributed by atoms with Crippen molar-refractivity contribution in [1.82, 2.24) is 10.2 Å². The zero-order valence-electron chi connectivity index (χ0n) is 11.4. The monoisotopic (exact) mass is 266 g/mol. The lowest BCUT2D eigenvalue weighted by molar-refractivity contribution is -0.136. The molecule has 18 heavy (non-hydrogen) atoms. The second-order valence-electron chi connectivity index (χ2n) is 5.36. The molecule has 1 N–H and O–H groups in total. The zero-order valence-corrected chi connectivity index (χ0v) is 11.4. The zero-order chi connectivity index (χ0) is 13.6. The van der Waals surface area contributed by atoms with Crippen LogP contribution < -0.4 is 5.32 Å². The average Bonchev–Trinajstić information content (AvgIpc) is 2.54. The third kappa shape index (κ3) is 6.05. The van der Waals surface area contributed by atoms with Crippen LogP contribution in [0, 0.1) is 0 Å². The van der Waals surface area contributed by atoms with Crippen molar-refractivity contribution >= 4 is 0 Å². The summed E-state index contributed by atoms with van der Waals surface area (Å²) in [6.45, 7) is 4.12. The molecule has 2 atom stereocenters. The van der Waals surface area contributed by atoms with Gasteiger partial charge >= 0.3 is 6.18 Å². The third-order valence-electron chi connectivity index (χ3n) is 3.90. The van der Waals surface area contributed by atoms with Gasteiger partial charge in [0.2, 0.25) is 0 Å². The SMILES string of the molecule is CC(CCCC(F)(F)F)N(C)C1CCCNCC1. The standard InChI is InChI=1S/C13H25F3N2/c1-11(5-3-8-13(14,15)16)18(2)12-6-4-9-17-10-7-12/h11-12,17H,3-10H2,1-2H3. The quantitative estimate of drug-likeness (QED) is 0.822. The largest absolute Gasteiger partial charge is 0.389 e. The first-order valence-corrected chi connectivity index (χ1v) is 6.89. The number of rotatable bonds is 5. The first-order valence-electron chi connectivity index (χ1n) is 6.89. The Bertz CT molecular complexity index is 223. The lowest BCUT2D eigenvalue weighted by Gasteiger charge is -2.32. The Morgan fingerprint density at radius 3 is 2.67 bits per heavy atom. The molecule has 0 spiro atoms. The van der Waals surface area contributed by atoms with E-state index in [0.717, 1.165) is 32.4 Å². The van der Waals surface area contributed by atoms with Gasteiger partial charge < -0.3 is 10.2 Å². The fourth-order valence-corrected chi connectivity index (χ4v) is 2.57. The van der Waals surface area contributed by atoms with Crippen molar-refractivity contribution in [2.75, 3.05) is 20.1 Å². The Labute approximate surface area is 108 Å². The van der Waals surface area contributed by atoms with Gasteiger partial charge in [-0.3, -0.25) is 0 Å². The fraction of sp³-hybridized carbons (Fsp3) is 1.00. The highest BCUT2D eigenvalue weighted by Gasteiger charge is 2.27. The minimum Gasteiger partial charge on any atom is -0.317 e. The van der Waals surface area contributed by atoms with Gasteiger partial charge in [-0.2, -0.15) is 13.2 Å². The van der Waals surface area contributed by atoms with Crippen LogP contribution in [-0.4, -0.2) is 43.3 Å². The van der Waals surface area contributed by atoms with Crippen LogP contribution in [0.4, 0.5) is 13.2 Å². The molecule has 1 aliphatic rings. The van der Waals surface area contributed by atoms with Gasteiger partial charge in [0.05, 0.1) is 0 Å². The number of halogens is 3. The summed E-state index contributed by atoms with van der Waals surface area (Å²) >= 11 is 0. The molecule has 0 aromatic heterocycles. The molecule has 5 heteroatoms. The number of nitrogens with one attached hydrogen (secondary N) is 1. The number of nitrogens with zero attached hydrogens (tertiary/aromatic N) is 1. The lowest BCUT2D eigenvalue weighted by atomic mass is 10.0. The van der Waals surface area contributed by atoms with Crippen molar-refractivity contribution in [3.05, 3.63) is 0 Å². The molecule has 0 amide bonds. The maximum atomic E-state index is 12.1. The number of hydrogen-bond acceptors (Lipinski definition) is 2. The van der Waals surface area contributed by atoms with Crippen molar-refractivity contribution < 1.29 is 13.2 Å². The second kappa shape index (κ2) is 7.34. The molecule has 0 aromatic carbocycles. The van der Waals surface area contributed by atoms with E-state index in [2.05, 4.69) is 10.2 Å². The van der Waals surface area contributed by atoms with Gasteiger partial charge in [-0.05, 0) is 59.2 Å². The first kappa shape index (κ1) is 15.8. The Kier molecular flexibility index (Phi) is 6.43. The molecule has 0 bridgehead atoms. The maximum Gasteiger partial charge on any atom is 0.389 e. The molecule has 1 aliphatic heterocycles. The fourth-order valence-electron chi connectivity index (χ4n) is 2.57. The van der Waals surface area contributed by atoms with Gasteiger partial charge in [0.1, 0.15) is 0 Å². The van der Waals surface area contributed by atoms with E-state index in [1.54, 1.807) is 0 Å². The minimum absolute atomic E-state index is 0.232. The summed E-state index contributed by atoms with van der Waals surface area (Å²) in [5, 5.41) is 3.36. The highest BCUT2D eigenvalue weighted by atomic mass is 19.4. The van der Waals surface area contributed by atoms with Crippen LogP contribution in [0.1, 0.15) is 45.4 Å². The van der Waals surface area contributed by atoms with Crippen molar-refractivity contribution in [3.8, 4) is 0 Å². The van der Waals surface area contributed by atoms with Crippen molar-refractivity contribution in [1.29, 1.82) is 0 Å². The topological polar surface area (TPSA) is 15.3 Å². The van der Waals surface area contributed by atoms with Crippen LogP contribution >= 0.6 is 0 Å². The molecule has 1 fully saturated rings. The maximum absolute atomic E-state index is 12.1. The summed E-state index contributed by atoms with van der Waals surface area (Å²) in [4.78, 5) is 2.27. The van der Waals surface area contributed by atoms with E-state index in [-0.39, 0.29) is 12.5 Å². The summed E-state index contributed by atoms with van der Waals surface area (Å²) in [7, 11) is 2.05. The predicted molar refractivity (Wildman–Crippen MR) is 67.6 cm³/mol. The smallest absolute Gasteiger partial charge is 0.317 e. The molecule has 1 saturated heterocycles. The predicted octanol–water partition coefficient (Wildman–Crippen LogP) is 3.18. The van der Waals surface area contributed by atoms with Gasteiger partial charge in [-0.1, -0.05) is 0 Å². The molecule has 0 aliphatic carbocycles. The Balaban J connectivity index is 2.28. The van der Waals surface area contributed by atoms with Crippen LogP contribution in [0.25, 0.3) is 0 Å². The average molecular weight is 266 g/mol. The van der Waals surface area contributed by atoms with Gasteiger partial charge in [0.15, 0.2) is 0 Å². The summed E-state index contributed by atoms with van der Waals surface area (Å²) < 4.78 is 36.3. The molecule has 2 unspecified atom stereocenters. The molecule has 108 valence electrons. The van der Waals surface area contributed by atoms with E-state index in [9.17, 15) is 13.2 Å². The molecule has 0 radical (unpaired) electrons.